The van der Waals surface area contributed by atoms with Gasteiger partial charge in [-0.25, -0.2) is 0 Å². The number of hydrogen-bond donors (Lipinski definition) is 0. The molecule has 0 rings (SSSR count). The van der Waals surface area contributed by atoms with Crippen molar-refractivity contribution in [2.24, 2.45) is 11.8 Å². The molecule has 0 atom stereocenters. The summed E-state index contributed by atoms with van der Waals surface area (Å²) in [7, 11) is 0. The molecule has 2 nitrogen and oxygen atoms in total. The summed E-state index contributed by atoms with van der Waals surface area (Å²) in [5.74, 6) is 0.0556. The zero-order valence-electron chi connectivity index (χ0n) is 8.10. The summed E-state index contributed by atoms with van der Waals surface area (Å²) in [6, 6.07) is 0. The Morgan fingerprint density at radius 1 is 0.846 bits per heavy atom. The summed E-state index contributed by atoms with van der Waals surface area (Å²) < 4.78 is 0. The monoisotopic (exact) mass is 312 g/mol. The Balaban J connectivity index is -0.000000143. The minimum atomic E-state index is -0.157. The van der Waals surface area contributed by atoms with E-state index in [2.05, 4.69) is 25.3 Å². The molecule has 0 aromatic heterocycles. The van der Waals surface area contributed by atoms with E-state index in [0.29, 0.717) is 0 Å². The van der Waals surface area contributed by atoms with E-state index in [4.69, 9.17) is 0 Å². The van der Waals surface area contributed by atoms with Gasteiger partial charge in [-0.15, -0.1) is 0 Å². The molecule has 0 spiro atoms. The predicted molar refractivity (Wildman–Crippen MR) is 54.4 cm³/mol. The molecule has 13 heavy (non-hydrogen) atoms. The smallest absolute Gasteiger partial charge is 0.742 e. The fraction of sp³-hybridized carbons (Fsp3) is 0.750. The third kappa shape index (κ3) is 19.0. The van der Waals surface area contributed by atoms with Crippen molar-refractivity contribution in [3.63, 3.8) is 0 Å². The average molecular weight is 313 g/mol. The molecule has 0 aliphatic heterocycles. The van der Waals surface area contributed by atoms with Crippen molar-refractivity contribution in [2.45, 2.75) is 27.7 Å². The fourth-order valence-electron chi connectivity index (χ4n) is 0. The molecule has 0 aliphatic rings. The Kier molecular flexibility index (Phi) is 15.4. The van der Waals surface area contributed by atoms with Gasteiger partial charge in [-0.2, -0.15) is 0 Å². The van der Waals surface area contributed by atoms with Gasteiger partial charge in [0.25, 0.3) is 0 Å². The summed E-state index contributed by atoms with van der Waals surface area (Å²) in [4.78, 5) is 19.9. The van der Waals surface area contributed by atoms with Crippen molar-refractivity contribution >= 4 is 35.5 Å². The molecule has 0 radical (unpaired) electrons. The van der Waals surface area contributed by atoms with Crippen LogP contribution in [0.2, 0.25) is 0 Å². The summed E-state index contributed by atoms with van der Waals surface area (Å²) in [5.41, 5.74) is 0. The standard InChI is InChI=1S/2C4H8OS.Pd/c2*1-3(2)4(5)6;/h2*3H,1-2H3,(H,5,6);/q;;+2/p-2. The van der Waals surface area contributed by atoms with Gasteiger partial charge < -0.3 is 34.8 Å². The zero-order chi connectivity index (χ0) is 10.3. The van der Waals surface area contributed by atoms with Crippen LogP contribution in [0, 0.1) is 11.8 Å². The first-order chi connectivity index (χ1) is 5.29. The van der Waals surface area contributed by atoms with E-state index in [-0.39, 0.29) is 42.5 Å². The van der Waals surface area contributed by atoms with Crippen molar-refractivity contribution in [3.8, 4) is 0 Å². The third-order valence-corrected chi connectivity index (χ3v) is 1.89. The van der Waals surface area contributed by atoms with Crippen molar-refractivity contribution in [1.82, 2.24) is 0 Å². The zero-order valence-corrected chi connectivity index (χ0v) is 11.3. The van der Waals surface area contributed by atoms with E-state index >= 15 is 0 Å². The minimum absolute atomic E-state index is 0. The van der Waals surface area contributed by atoms with E-state index in [1.165, 1.54) is 0 Å². The number of carbonyl (C=O) groups excluding carboxylic acids is 2. The first-order valence-corrected chi connectivity index (χ1v) is 4.52. The Morgan fingerprint density at radius 3 is 0.923 bits per heavy atom. The van der Waals surface area contributed by atoms with Gasteiger partial charge in [-0.1, -0.05) is 27.7 Å². The molecule has 0 fully saturated rings. The van der Waals surface area contributed by atoms with E-state index < -0.39 is 0 Å². The van der Waals surface area contributed by atoms with Crippen molar-refractivity contribution < 1.29 is 30.0 Å². The van der Waals surface area contributed by atoms with Crippen LogP contribution in [0.5, 0.6) is 0 Å². The van der Waals surface area contributed by atoms with Crippen LogP contribution in [0.1, 0.15) is 27.7 Å². The summed E-state index contributed by atoms with van der Waals surface area (Å²) in [6.07, 6.45) is 0. The number of rotatable bonds is 2. The Hall–Kier alpha value is 0.442. The second kappa shape index (κ2) is 10.5. The van der Waals surface area contributed by atoms with Gasteiger partial charge >= 0.3 is 20.4 Å². The second-order valence-corrected chi connectivity index (χ2v) is 3.75. The summed E-state index contributed by atoms with van der Waals surface area (Å²) >= 11 is 8.53. The average Bonchev–Trinajstić information content (AvgIpc) is 1.88. The van der Waals surface area contributed by atoms with Crippen molar-refractivity contribution in [1.29, 1.82) is 0 Å². The first kappa shape index (κ1) is 19.1. The molecule has 0 amide bonds. The Labute approximate surface area is 105 Å². The van der Waals surface area contributed by atoms with Gasteiger partial charge in [-0.3, -0.25) is 0 Å². The third-order valence-electron chi connectivity index (χ3n) is 0.943. The van der Waals surface area contributed by atoms with Gasteiger partial charge in [0.05, 0.1) is 0 Å². The van der Waals surface area contributed by atoms with Crippen LogP contribution < -0.4 is 0 Å². The van der Waals surface area contributed by atoms with Crippen LogP contribution in [-0.4, -0.2) is 10.2 Å². The summed E-state index contributed by atoms with van der Waals surface area (Å²) in [6.45, 7) is 7.15. The van der Waals surface area contributed by atoms with Crippen molar-refractivity contribution in [2.75, 3.05) is 0 Å². The van der Waals surface area contributed by atoms with Crippen LogP contribution in [0.15, 0.2) is 0 Å². The molecule has 0 saturated heterocycles. The molecule has 80 valence electrons. The van der Waals surface area contributed by atoms with E-state index in [0.717, 1.165) is 0 Å². The van der Waals surface area contributed by atoms with Crippen LogP contribution in [0.3, 0.4) is 0 Å². The van der Waals surface area contributed by atoms with Crippen LogP contribution >= 0.6 is 0 Å². The Morgan fingerprint density at radius 2 is 0.923 bits per heavy atom. The Bertz CT molecular complexity index is 140. The fourth-order valence-corrected chi connectivity index (χ4v) is 0. The molecule has 0 heterocycles. The molecule has 0 aliphatic carbocycles. The second-order valence-electron chi connectivity index (χ2n) is 2.95. The largest absolute Gasteiger partial charge is 2.00 e. The maximum absolute atomic E-state index is 9.96. The van der Waals surface area contributed by atoms with Crippen molar-refractivity contribution in [3.05, 3.63) is 0 Å². The van der Waals surface area contributed by atoms with Crippen LogP contribution in [0.4, 0.5) is 0 Å². The molecule has 5 heteroatoms. The van der Waals surface area contributed by atoms with Crippen LogP contribution in [0.25, 0.3) is 0 Å². The number of carbonyl (C=O) groups is 2. The molecule has 0 N–H and O–H groups in total. The van der Waals surface area contributed by atoms with Crippen LogP contribution in [-0.2, 0) is 55.3 Å². The van der Waals surface area contributed by atoms with Gasteiger partial charge in [0.1, 0.15) is 0 Å². The molecular weight excluding hydrogens is 299 g/mol. The van der Waals surface area contributed by atoms with Gasteiger partial charge in [0, 0.05) is 10.2 Å². The van der Waals surface area contributed by atoms with E-state index in [1.807, 2.05) is 0 Å². The quantitative estimate of drug-likeness (QED) is 0.571. The maximum atomic E-state index is 9.96. The van der Waals surface area contributed by atoms with E-state index in [1.54, 1.807) is 27.7 Å². The first-order valence-electron chi connectivity index (χ1n) is 3.70. The maximum Gasteiger partial charge on any atom is 2.00 e. The van der Waals surface area contributed by atoms with Gasteiger partial charge in [0.2, 0.25) is 0 Å². The topological polar surface area (TPSA) is 34.1 Å². The molecule has 0 saturated carbocycles. The molecule has 0 aromatic rings. The molecule has 0 unspecified atom stereocenters. The predicted octanol–water partition coefficient (Wildman–Crippen LogP) is 1.43. The molecule has 0 bridgehead atoms. The van der Waals surface area contributed by atoms with Gasteiger partial charge in [0.15, 0.2) is 0 Å². The molecule has 0 aromatic carbocycles. The van der Waals surface area contributed by atoms with E-state index in [9.17, 15) is 9.59 Å². The SMILES string of the molecule is CC(C)C(=O)[S-].CC(C)C(=O)[S-].[Pd+2]. The summed E-state index contributed by atoms with van der Waals surface area (Å²) in [5, 5.41) is -0.315. The number of hydrogen-bond acceptors (Lipinski definition) is 4. The van der Waals surface area contributed by atoms with Gasteiger partial charge in [-0.05, 0) is 11.8 Å². The minimum Gasteiger partial charge on any atom is -0.742 e. The molecular formula is C8H14O2PdS2. The normalized spacial score (nSPS) is 8.46.